The van der Waals surface area contributed by atoms with Gasteiger partial charge in [-0.3, -0.25) is 10.1 Å². The van der Waals surface area contributed by atoms with E-state index < -0.39 is 0 Å². The van der Waals surface area contributed by atoms with Crippen LogP contribution in [0.3, 0.4) is 0 Å². The van der Waals surface area contributed by atoms with E-state index in [0.717, 1.165) is 42.8 Å². The van der Waals surface area contributed by atoms with Crippen molar-refractivity contribution >= 4 is 27.4 Å². The number of rotatable bonds is 2. The van der Waals surface area contributed by atoms with Crippen LogP contribution in [0.25, 0.3) is 27.4 Å². The molecule has 2 N–H and O–H groups in total. The maximum atomic E-state index is 10.8. The van der Waals surface area contributed by atoms with E-state index in [0.29, 0.717) is 0 Å². The van der Waals surface area contributed by atoms with Crippen LogP contribution in [-0.2, 0) is 0 Å². The first kappa shape index (κ1) is 18.2. The maximum Gasteiger partial charge on any atom is 0.269 e. The second kappa shape index (κ2) is 8.21. The quantitative estimate of drug-likeness (QED) is 0.413. The molecule has 3 aromatic carbocycles. The molecule has 0 radical (unpaired) electrons. The number of piperazine rings is 1. The molecule has 0 atom stereocenters. The zero-order valence-electron chi connectivity index (χ0n) is 15.5. The van der Waals surface area contributed by atoms with Gasteiger partial charge in [-0.1, -0.05) is 36.4 Å². The Hall–Kier alpha value is -3.22. The average Bonchev–Trinajstić information content (AvgIpc) is 3.20. The molecule has 1 saturated heterocycles. The predicted molar refractivity (Wildman–Crippen MR) is 113 cm³/mol. The molecule has 142 valence electrons. The summed E-state index contributed by atoms with van der Waals surface area (Å²) in [7, 11) is 0. The number of nitro benzene ring substituents is 1. The van der Waals surface area contributed by atoms with Gasteiger partial charge in [0.25, 0.3) is 5.69 Å². The Morgan fingerprint density at radius 3 is 2.07 bits per heavy atom. The molecule has 0 amide bonds. The van der Waals surface area contributed by atoms with Gasteiger partial charge in [-0.05, 0) is 23.6 Å². The van der Waals surface area contributed by atoms with Crippen LogP contribution in [0.5, 0.6) is 0 Å². The molecule has 28 heavy (non-hydrogen) atoms. The van der Waals surface area contributed by atoms with E-state index in [9.17, 15) is 10.1 Å². The third-order valence-corrected chi connectivity index (χ3v) is 4.87. The maximum absolute atomic E-state index is 10.8. The topological polar surface area (TPSA) is 72.1 Å². The van der Waals surface area contributed by atoms with Crippen molar-refractivity contribution in [3.8, 4) is 5.69 Å². The minimum Gasteiger partial charge on any atom is -0.316 e. The van der Waals surface area contributed by atoms with Crippen molar-refractivity contribution in [1.29, 1.82) is 0 Å². The molecule has 6 nitrogen and oxygen atoms in total. The number of hydrogen-bond acceptors (Lipinski definition) is 4. The summed E-state index contributed by atoms with van der Waals surface area (Å²) in [6, 6.07) is 21.1. The van der Waals surface area contributed by atoms with Crippen molar-refractivity contribution < 1.29 is 4.92 Å². The van der Waals surface area contributed by atoms with Gasteiger partial charge in [-0.2, -0.15) is 0 Å². The van der Waals surface area contributed by atoms with Crippen molar-refractivity contribution in [2.24, 2.45) is 0 Å². The highest BCUT2D eigenvalue weighted by Crippen LogP contribution is 2.29. The Labute approximate surface area is 162 Å². The first-order valence-electron chi connectivity index (χ1n) is 9.39. The van der Waals surface area contributed by atoms with E-state index in [-0.39, 0.29) is 10.6 Å². The number of benzene rings is 3. The summed E-state index contributed by atoms with van der Waals surface area (Å²) < 4.78 is 2.07. The Morgan fingerprint density at radius 1 is 0.786 bits per heavy atom. The van der Waals surface area contributed by atoms with E-state index in [4.69, 9.17) is 0 Å². The van der Waals surface area contributed by atoms with Crippen molar-refractivity contribution in [2.75, 3.05) is 26.2 Å². The lowest BCUT2D eigenvalue weighted by molar-refractivity contribution is -0.384. The smallest absolute Gasteiger partial charge is 0.269 e. The van der Waals surface area contributed by atoms with Gasteiger partial charge in [0.2, 0.25) is 0 Å². The summed E-state index contributed by atoms with van der Waals surface area (Å²) in [6.07, 6.45) is 2.00. The van der Waals surface area contributed by atoms with E-state index in [2.05, 4.69) is 45.5 Å². The Bertz CT molecular complexity index is 1090. The van der Waals surface area contributed by atoms with Crippen LogP contribution in [0, 0.1) is 10.1 Å². The third kappa shape index (κ3) is 3.74. The minimum absolute atomic E-state index is 0.102. The molecule has 0 saturated carbocycles. The SMILES string of the molecule is C1CNCCN1.O=[N+]([O-])c1ccc(-n2ccc3ccc4ccccc4c32)cc1. The highest BCUT2D eigenvalue weighted by atomic mass is 16.6. The van der Waals surface area contributed by atoms with Crippen LogP contribution in [0.1, 0.15) is 0 Å². The number of nitrogens with zero attached hydrogens (tertiary/aromatic N) is 2. The molecule has 6 heteroatoms. The van der Waals surface area contributed by atoms with E-state index in [1.165, 1.54) is 22.9 Å². The molecule has 1 fully saturated rings. The van der Waals surface area contributed by atoms with Crippen LogP contribution < -0.4 is 10.6 Å². The Kier molecular flexibility index (Phi) is 5.32. The van der Waals surface area contributed by atoms with Crippen molar-refractivity contribution in [2.45, 2.75) is 0 Å². The molecular formula is C22H22N4O2. The molecule has 0 spiro atoms. The summed E-state index contributed by atoms with van der Waals surface area (Å²) in [6.45, 7) is 4.56. The summed E-state index contributed by atoms with van der Waals surface area (Å²) >= 11 is 0. The number of nitrogens with one attached hydrogen (secondary N) is 2. The lowest BCUT2D eigenvalue weighted by atomic mass is 10.1. The van der Waals surface area contributed by atoms with Crippen LogP contribution in [0.15, 0.2) is 72.9 Å². The number of aromatic nitrogens is 1. The zero-order chi connectivity index (χ0) is 19.3. The number of non-ortho nitro benzene ring substituents is 1. The van der Waals surface area contributed by atoms with Gasteiger partial charge in [-0.25, -0.2) is 0 Å². The second-order valence-electron chi connectivity index (χ2n) is 6.68. The summed E-state index contributed by atoms with van der Waals surface area (Å²) in [5, 5.41) is 20.7. The highest BCUT2D eigenvalue weighted by Gasteiger charge is 2.09. The molecule has 0 bridgehead atoms. The number of fused-ring (bicyclic) bond motifs is 3. The van der Waals surface area contributed by atoms with E-state index >= 15 is 0 Å². The van der Waals surface area contributed by atoms with Gasteiger partial charge in [0.05, 0.1) is 10.4 Å². The van der Waals surface area contributed by atoms with Crippen molar-refractivity contribution in [3.63, 3.8) is 0 Å². The van der Waals surface area contributed by atoms with Crippen LogP contribution >= 0.6 is 0 Å². The largest absolute Gasteiger partial charge is 0.316 e. The van der Waals surface area contributed by atoms with Crippen molar-refractivity contribution in [1.82, 2.24) is 15.2 Å². The first-order chi connectivity index (χ1) is 13.7. The van der Waals surface area contributed by atoms with Crippen LogP contribution in [-0.4, -0.2) is 35.7 Å². The van der Waals surface area contributed by atoms with Gasteiger partial charge >= 0.3 is 0 Å². The van der Waals surface area contributed by atoms with E-state index in [1.54, 1.807) is 12.1 Å². The predicted octanol–water partition coefficient (Wildman–Crippen LogP) is 3.87. The van der Waals surface area contributed by atoms with Gasteiger partial charge < -0.3 is 15.2 Å². The van der Waals surface area contributed by atoms with Crippen molar-refractivity contribution in [3.05, 3.63) is 83.0 Å². The Morgan fingerprint density at radius 2 is 1.43 bits per heavy atom. The zero-order valence-corrected chi connectivity index (χ0v) is 15.5. The summed E-state index contributed by atoms with van der Waals surface area (Å²) in [5.41, 5.74) is 2.13. The standard InChI is InChI=1S/C18H12N2O2.C4H10N2/c21-20(22)16-9-7-15(8-10-16)19-12-11-14-6-5-13-3-1-2-4-17(13)18(14)19;1-2-6-4-3-5-1/h1-12H;5-6H,1-4H2. The number of hydrogen-bond donors (Lipinski definition) is 2. The van der Waals surface area contributed by atoms with Gasteiger partial charge in [0.1, 0.15) is 0 Å². The second-order valence-corrected chi connectivity index (χ2v) is 6.68. The molecule has 2 heterocycles. The van der Waals surface area contributed by atoms with E-state index in [1.807, 2.05) is 18.3 Å². The molecule has 5 rings (SSSR count). The lowest BCUT2D eigenvalue weighted by Gasteiger charge is -2.11. The highest BCUT2D eigenvalue weighted by molar-refractivity contribution is 6.06. The summed E-state index contributed by atoms with van der Waals surface area (Å²) in [4.78, 5) is 10.4. The van der Waals surface area contributed by atoms with Crippen LogP contribution in [0.2, 0.25) is 0 Å². The lowest BCUT2D eigenvalue weighted by Crippen LogP contribution is -2.39. The third-order valence-electron chi connectivity index (χ3n) is 4.87. The monoisotopic (exact) mass is 374 g/mol. The van der Waals surface area contributed by atoms with Crippen LogP contribution in [0.4, 0.5) is 5.69 Å². The fourth-order valence-corrected chi connectivity index (χ4v) is 3.46. The van der Waals surface area contributed by atoms with Gasteiger partial charge in [0.15, 0.2) is 0 Å². The average molecular weight is 374 g/mol. The van der Waals surface area contributed by atoms with Gasteiger partial charge in [0, 0.05) is 61.0 Å². The summed E-state index contributed by atoms with van der Waals surface area (Å²) in [5.74, 6) is 0. The molecule has 1 aliphatic rings. The normalized spacial score (nSPS) is 13.9. The van der Waals surface area contributed by atoms with Gasteiger partial charge in [-0.15, -0.1) is 0 Å². The molecule has 1 aliphatic heterocycles. The fraction of sp³-hybridized carbons (Fsp3) is 0.182. The molecule has 0 unspecified atom stereocenters. The molecule has 0 aliphatic carbocycles. The molecule has 4 aromatic rings. The first-order valence-corrected chi connectivity index (χ1v) is 9.39. The Balaban J connectivity index is 0.000000275. The minimum atomic E-state index is -0.382. The molecular weight excluding hydrogens is 352 g/mol. The number of nitro groups is 1. The fourth-order valence-electron chi connectivity index (χ4n) is 3.46. The molecule has 1 aromatic heterocycles.